The molecule has 2 heterocycles. The molecule has 2 aromatic rings. The maximum absolute atomic E-state index is 12.8. The van der Waals surface area contributed by atoms with Crippen LogP contribution in [0.4, 0.5) is 5.69 Å². The zero-order chi connectivity index (χ0) is 19.0. The zero-order valence-corrected chi connectivity index (χ0v) is 14.5. The quantitative estimate of drug-likeness (QED) is 0.350. The van der Waals surface area contributed by atoms with Crippen LogP contribution in [0.5, 0.6) is 0 Å². The van der Waals surface area contributed by atoms with Gasteiger partial charge in [-0.15, -0.1) is 0 Å². The number of para-hydroxylation sites is 1. The number of carbonyl (C=O) groups is 2. The van der Waals surface area contributed by atoms with Crippen molar-refractivity contribution in [3.63, 3.8) is 0 Å². The number of ketones is 1. The molecule has 3 rings (SSSR count). The molecule has 0 N–H and O–H groups in total. The number of ether oxygens (including phenoxy) is 1. The van der Waals surface area contributed by atoms with Gasteiger partial charge in [-0.1, -0.05) is 18.2 Å². The summed E-state index contributed by atoms with van der Waals surface area (Å²) in [4.78, 5) is 48.3. The lowest BCUT2D eigenvalue weighted by molar-refractivity contribution is -0.387. The first kappa shape index (κ1) is 17.8. The Morgan fingerprint density at radius 2 is 2.12 bits per heavy atom. The van der Waals surface area contributed by atoms with Crippen LogP contribution >= 0.6 is 0 Å². The fourth-order valence-electron chi connectivity index (χ4n) is 3.62. The molecule has 26 heavy (non-hydrogen) atoms. The van der Waals surface area contributed by atoms with Gasteiger partial charge in [0.05, 0.1) is 22.6 Å². The summed E-state index contributed by atoms with van der Waals surface area (Å²) in [6.45, 7) is 3.13. The van der Waals surface area contributed by atoms with Gasteiger partial charge in [-0.2, -0.15) is 0 Å². The highest BCUT2D eigenvalue weighted by Gasteiger charge is 2.38. The summed E-state index contributed by atoms with van der Waals surface area (Å²) < 4.78 is 6.33. The van der Waals surface area contributed by atoms with E-state index in [2.05, 4.69) is 0 Å². The number of pyridine rings is 1. The third-order valence-corrected chi connectivity index (χ3v) is 4.61. The molecule has 1 aliphatic rings. The first-order chi connectivity index (χ1) is 12.4. The normalized spacial score (nSPS) is 14.1. The Balaban J connectivity index is 2.48. The number of hydrogen-bond acceptors (Lipinski definition) is 6. The second-order valence-corrected chi connectivity index (χ2v) is 6.19. The summed E-state index contributed by atoms with van der Waals surface area (Å²) in [5.74, 6) is -2.99. The highest BCUT2D eigenvalue weighted by Crippen LogP contribution is 2.36. The molecule has 1 aliphatic heterocycles. The minimum atomic E-state index is -1.50. The van der Waals surface area contributed by atoms with Crippen molar-refractivity contribution in [3.8, 4) is 0 Å². The number of nitrogens with zero attached hydrogens (tertiary/aromatic N) is 2. The second kappa shape index (κ2) is 6.70. The molecule has 0 saturated heterocycles. The number of benzene rings is 1. The van der Waals surface area contributed by atoms with Gasteiger partial charge in [0, 0.05) is 11.9 Å². The molecular formula is C18H18N2O6. The third kappa shape index (κ3) is 2.67. The molecule has 1 aromatic carbocycles. The van der Waals surface area contributed by atoms with Crippen LogP contribution in [0, 0.1) is 10.1 Å². The number of hydrogen-bond donors (Lipinski definition) is 0. The van der Waals surface area contributed by atoms with Crippen molar-refractivity contribution < 1.29 is 19.2 Å². The van der Waals surface area contributed by atoms with Crippen molar-refractivity contribution in [2.45, 2.75) is 39.2 Å². The lowest BCUT2D eigenvalue weighted by atomic mass is 9.88. The molecule has 0 amide bonds. The molecule has 1 aromatic heterocycles. The minimum Gasteiger partial charge on any atom is -0.465 e. The molecule has 0 fully saturated rings. The van der Waals surface area contributed by atoms with Crippen molar-refractivity contribution in [1.29, 1.82) is 0 Å². The van der Waals surface area contributed by atoms with Gasteiger partial charge in [0.2, 0.25) is 0 Å². The monoisotopic (exact) mass is 358 g/mol. The van der Waals surface area contributed by atoms with Gasteiger partial charge >= 0.3 is 17.2 Å². The summed E-state index contributed by atoms with van der Waals surface area (Å²) >= 11 is 0. The molecule has 0 aliphatic carbocycles. The molecule has 0 spiro atoms. The average Bonchev–Trinajstić information content (AvgIpc) is 2.58. The van der Waals surface area contributed by atoms with Crippen LogP contribution < -0.4 is 5.56 Å². The zero-order valence-electron chi connectivity index (χ0n) is 14.5. The maximum atomic E-state index is 12.8. The van der Waals surface area contributed by atoms with Gasteiger partial charge in [-0.3, -0.25) is 24.5 Å². The van der Waals surface area contributed by atoms with E-state index in [1.54, 1.807) is 19.1 Å². The fraction of sp³-hybridized carbons (Fsp3) is 0.389. The molecule has 1 unspecified atom stereocenters. The van der Waals surface area contributed by atoms with E-state index in [1.807, 2.05) is 6.07 Å². The number of aryl methyl sites for hydroxylation is 2. The molecule has 8 heteroatoms. The largest absolute Gasteiger partial charge is 0.465 e. The van der Waals surface area contributed by atoms with E-state index < -0.39 is 33.8 Å². The molecule has 0 bridgehead atoms. The SMILES string of the molecule is CCOC(=O)C(C(C)=O)c1c([N+](=O)[O-])c(=O)n2c3c(cccc13)CCC2. The number of carbonyl (C=O) groups excluding carboxylic acids is 2. The third-order valence-electron chi connectivity index (χ3n) is 4.61. The highest BCUT2D eigenvalue weighted by molar-refractivity contribution is 6.08. The Hall–Kier alpha value is -3.03. The Morgan fingerprint density at radius 3 is 2.73 bits per heavy atom. The lowest BCUT2D eigenvalue weighted by Crippen LogP contribution is -2.31. The van der Waals surface area contributed by atoms with Crippen LogP contribution in [-0.2, 0) is 27.3 Å². The standard InChI is InChI=1S/C18H18N2O6/c1-3-26-18(23)13(10(2)21)14-12-8-4-6-11-7-5-9-19(15(11)12)17(22)16(14)20(24)25/h4,6,8,13H,3,5,7,9H2,1-2H3. The predicted octanol–water partition coefficient (Wildman–Crippen LogP) is 2.09. The number of rotatable bonds is 5. The van der Waals surface area contributed by atoms with E-state index in [9.17, 15) is 24.5 Å². The van der Waals surface area contributed by atoms with Crippen LogP contribution in [0.1, 0.15) is 37.3 Å². The van der Waals surface area contributed by atoms with Crippen LogP contribution in [0.3, 0.4) is 0 Å². The topological polar surface area (TPSA) is 109 Å². The van der Waals surface area contributed by atoms with Crippen molar-refractivity contribution in [2.75, 3.05) is 6.61 Å². The van der Waals surface area contributed by atoms with E-state index in [0.717, 1.165) is 12.0 Å². The van der Waals surface area contributed by atoms with Crippen molar-refractivity contribution in [1.82, 2.24) is 4.57 Å². The summed E-state index contributed by atoms with van der Waals surface area (Å²) in [6, 6.07) is 5.17. The van der Waals surface area contributed by atoms with Gasteiger partial charge in [-0.05, 0) is 32.3 Å². The first-order valence-electron chi connectivity index (χ1n) is 8.38. The smallest absolute Gasteiger partial charge is 0.339 e. The summed E-state index contributed by atoms with van der Waals surface area (Å²) in [5, 5.41) is 12.1. The maximum Gasteiger partial charge on any atom is 0.339 e. The van der Waals surface area contributed by atoms with Gasteiger partial charge in [0.15, 0.2) is 0 Å². The molecule has 8 nitrogen and oxygen atoms in total. The van der Waals surface area contributed by atoms with E-state index in [0.29, 0.717) is 23.9 Å². The number of nitro groups is 1. The summed E-state index contributed by atoms with van der Waals surface area (Å²) in [6.07, 6.45) is 1.41. The van der Waals surface area contributed by atoms with E-state index in [1.165, 1.54) is 11.5 Å². The first-order valence-corrected chi connectivity index (χ1v) is 8.38. The molecule has 0 radical (unpaired) electrons. The van der Waals surface area contributed by atoms with E-state index in [4.69, 9.17) is 4.74 Å². The molecule has 136 valence electrons. The average molecular weight is 358 g/mol. The Labute approximate surface area is 148 Å². The van der Waals surface area contributed by atoms with Crippen molar-refractivity contribution in [2.24, 2.45) is 0 Å². The van der Waals surface area contributed by atoms with Crippen molar-refractivity contribution >= 4 is 28.3 Å². The van der Waals surface area contributed by atoms with Crippen LogP contribution in [0.2, 0.25) is 0 Å². The van der Waals surface area contributed by atoms with Crippen LogP contribution in [-0.4, -0.2) is 27.8 Å². The highest BCUT2D eigenvalue weighted by atomic mass is 16.6. The van der Waals surface area contributed by atoms with Crippen LogP contribution in [0.15, 0.2) is 23.0 Å². The van der Waals surface area contributed by atoms with Gasteiger partial charge in [-0.25, -0.2) is 0 Å². The minimum absolute atomic E-state index is 0.0245. The Kier molecular flexibility index (Phi) is 4.58. The van der Waals surface area contributed by atoms with Gasteiger partial charge in [0.25, 0.3) is 0 Å². The fourth-order valence-corrected chi connectivity index (χ4v) is 3.62. The summed E-state index contributed by atoms with van der Waals surface area (Å²) in [7, 11) is 0. The van der Waals surface area contributed by atoms with Crippen molar-refractivity contribution in [3.05, 3.63) is 49.8 Å². The number of Topliss-reactive ketones (excluding diaryl/α,β-unsaturated/α-hetero) is 1. The number of esters is 1. The Bertz CT molecular complexity index is 991. The van der Waals surface area contributed by atoms with Crippen LogP contribution in [0.25, 0.3) is 10.9 Å². The molecule has 1 atom stereocenters. The summed E-state index contributed by atoms with van der Waals surface area (Å²) in [5.41, 5.74) is -0.265. The molecular weight excluding hydrogens is 340 g/mol. The lowest BCUT2D eigenvalue weighted by Gasteiger charge is -2.22. The predicted molar refractivity (Wildman–Crippen MR) is 93.2 cm³/mol. The van der Waals surface area contributed by atoms with E-state index >= 15 is 0 Å². The molecule has 0 saturated carbocycles. The van der Waals surface area contributed by atoms with Gasteiger partial charge in [0.1, 0.15) is 11.7 Å². The van der Waals surface area contributed by atoms with Gasteiger partial charge < -0.3 is 9.30 Å². The van der Waals surface area contributed by atoms with E-state index in [-0.39, 0.29) is 12.2 Å². The number of aromatic nitrogens is 1. The second-order valence-electron chi connectivity index (χ2n) is 6.19. The Morgan fingerprint density at radius 1 is 1.38 bits per heavy atom.